The van der Waals surface area contributed by atoms with Gasteiger partial charge in [0, 0.05) is 24.7 Å². The average Bonchev–Trinajstić information content (AvgIpc) is 2.60. The molecule has 0 radical (unpaired) electrons. The van der Waals surface area contributed by atoms with E-state index < -0.39 is 21.4 Å². The van der Waals surface area contributed by atoms with Gasteiger partial charge in [-0.15, -0.1) is 0 Å². The SMILES string of the molecule is CCC(=O)C(=O)c1ccccc1S(=O)(=O)c1ccc(NC)cc1. The summed E-state index contributed by atoms with van der Waals surface area (Å²) in [5.41, 5.74) is 0.687. The highest BCUT2D eigenvalue weighted by molar-refractivity contribution is 7.91. The van der Waals surface area contributed by atoms with E-state index in [1.807, 2.05) is 0 Å². The number of nitrogens with one attached hydrogen (secondary N) is 1. The number of carbonyl (C=O) groups is 2. The maximum atomic E-state index is 12.8. The van der Waals surface area contributed by atoms with Crippen LogP contribution in [0.2, 0.25) is 0 Å². The third-order valence-electron chi connectivity index (χ3n) is 3.45. The van der Waals surface area contributed by atoms with Crippen LogP contribution in [0.15, 0.2) is 58.3 Å². The topological polar surface area (TPSA) is 80.3 Å². The number of hydrogen-bond donors (Lipinski definition) is 1. The first-order valence-corrected chi connectivity index (χ1v) is 8.59. The molecule has 5 nitrogen and oxygen atoms in total. The summed E-state index contributed by atoms with van der Waals surface area (Å²) < 4.78 is 25.6. The highest BCUT2D eigenvalue weighted by Gasteiger charge is 2.26. The van der Waals surface area contributed by atoms with Crippen molar-refractivity contribution >= 4 is 27.1 Å². The van der Waals surface area contributed by atoms with Crippen molar-refractivity contribution in [1.82, 2.24) is 0 Å². The molecule has 23 heavy (non-hydrogen) atoms. The lowest BCUT2D eigenvalue weighted by molar-refractivity contribution is -0.114. The minimum atomic E-state index is -3.88. The molecule has 0 fully saturated rings. The second kappa shape index (κ2) is 6.75. The minimum absolute atomic E-state index is 0.0318. The molecule has 0 aliphatic heterocycles. The van der Waals surface area contributed by atoms with Crippen LogP contribution in [0.25, 0.3) is 0 Å². The van der Waals surface area contributed by atoms with E-state index in [-0.39, 0.29) is 21.8 Å². The van der Waals surface area contributed by atoms with Crippen LogP contribution in [0.5, 0.6) is 0 Å². The summed E-state index contributed by atoms with van der Waals surface area (Å²) in [5, 5.41) is 2.90. The van der Waals surface area contributed by atoms with Crippen LogP contribution >= 0.6 is 0 Å². The fourth-order valence-electron chi connectivity index (χ4n) is 2.13. The fraction of sp³-hybridized carbons (Fsp3) is 0.176. The molecule has 0 spiro atoms. The first-order valence-electron chi connectivity index (χ1n) is 7.11. The number of hydrogen-bond acceptors (Lipinski definition) is 5. The Labute approximate surface area is 135 Å². The van der Waals surface area contributed by atoms with E-state index in [0.29, 0.717) is 0 Å². The summed E-state index contributed by atoms with van der Waals surface area (Å²) >= 11 is 0. The van der Waals surface area contributed by atoms with Crippen LogP contribution in [-0.4, -0.2) is 27.0 Å². The van der Waals surface area contributed by atoms with E-state index in [2.05, 4.69) is 5.32 Å². The lowest BCUT2D eigenvalue weighted by Gasteiger charge is -2.10. The Kier molecular flexibility index (Phi) is 4.95. The van der Waals surface area contributed by atoms with Gasteiger partial charge >= 0.3 is 0 Å². The van der Waals surface area contributed by atoms with E-state index in [1.54, 1.807) is 32.2 Å². The molecule has 1 N–H and O–H groups in total. The Bertz CT molecular complexity index is 839. The van der Waals surface area contributed by atoms with Crippen molar-refractivity contribution in [2.45, 2.75) is 23.1 Å². The largest absolute Gasteiger partial charge is 0.388 e. The standard InChI is InChI=1S/C17H17NO4S/c1-3-15(19)17(20)14-6-4-5-7-16(14)23(21,22)13-10-8-12(18-2)9-11-13/h4-11,18H,3H2,1-2H3. The predicted octanol–water partition coefficient (Wildman–Crippen LogP) is 2.72. The molecule has 0 aliphatic rings. The van der Waals surface area contributed by atoms with E-state index in [9.17, 15) is 18.0 Å². The molecular formula is C17H17NO4S. The molecule has 0 saturated heterocycles. The van der Waals surface area contributed by atoms with Crippen molar-refractivity contribution in [2.75, 3.05) is 12.4 Å². The number of ketones is 2. The van der Waals surface area contributed by atoms with Gasteiger partial charge in [0.1, 0.15) is 0 Å². The molecule has 2 rings (SSSR count). The molecule has 0 heterocycles. The molecule has 2 aromatic carbocycles. The Morgan fingerprint density at radius 2 is 1.61 bits per heavy atom. The first-order chi connectivity index (χ1) is 10.9. The molecule has 0 saturated carbocycles. The summed E-state index contributed by atoms with van der Waals surface area (Å²) in [4.78, 5) is 23.7. The molecule has 2 aromatic rings. The number of rotatable bonds is 6. The van der Waals surface area contributed by atoms with Crippen molar-refractivity contribution in [2.24, 2.45) is 0 Å². The predicted molar refractivity (Wildman–Crippen MR) is 87.5 cm³/mol. The number of benzene rings is 2. The quantitative estimate of drug-likeness (QED) is 0.650. The number of Topliss-reactive ketones (excluding diaryl/α,β-unsaturated/α-hetero) is 2. The van der Waals surface area contributed by atoms with Gasteiger partial charge in [0.05, 0.1) is 9.79 Å². The van der Waals surface area contributed by atoms with E-state index in [1.165, 1.54) is 30.3 Å². The molecular weight excluding hydrogens is 314 g/mol. The number of carbonyl (C=O) groups excluding carboxylic acids is 2. The normalized spacial score (nSPS) is 11.0. The van der Waals surface area contributed by atoms with Gasteiger partial charge in [0.2, 0.25) is 21.4 Å². The lowest BCUT2D eigenvalue weighted by Crippen LogP contribution is -2.17. The van der Waals surface area contributed by atoms with Crippen molar-refractivity contribution in [3.05, 3.63) is 54.1 Å². The summed E-state index contributed by atoms with van der Waals surface area (Å²) in [5.74, 6) is -1.39. The van der Waals surface area contributed by atoms with E-state index in [0.717, 1.165) is 5.69 Å². The van der Waals surface area contributed by atoms with Gasteiger partial charge in [-0.25, -0.2) is 8.42 Å². The summed E-state index contributed by atoms with van der Waals surface area (Å²) in [6.45, 7) is 1.56. The molecule has 0 amide bonds. The van der Waals surface area contributed by atoms with Gasteiger partial charge < -0.3 is 5.32 Å². The van der Waals surface area contributed by atoms with Gasteiger partial charge in [-0.2, -0.15) is 0 Å². The van der Waals surface area contributed by atoms with Crippen LogP contribution in [0.4, 0.5) is 5.69 Å². The minimum Gasteiger partial charge on any atom is -0.388 e. The average molecular weight is 331 g/mol. The summed E-state index contributed by atoms with van der Waals surface area (Å²) in [6.07, 6.45) is 0.0318. The van der Waals surface area contributed by atoms with Crippen LogP contribution in [-0.2, 0) is 14.6 Å². The Balaban J connectivity index is 2.56. The van der Waals surface area contributed by atoms with Crippen molar-refractivity contribution in [3.8, 4) is 0 Å². The monoisotopic (exact) mass is 331 g/mol. The maximum Gasteiger partial charge on any atom is 0.229 e. The number of anilines is 1. The lowest BCUT2D eigenvalue weighted by atomic mass is 10.1. The molecule has 6 heteroatoms. The van der Waals surface area contributed by atoms with Crippen LogP contribution in [0, 0.1) is 0 Å². The van der Waals surface area contributed by atoms with Gasteiger partial charge in [0.15, 0.2) is 0 Å². The zero-order valence-electron chi connectivity index (χ0n) is 12.9. The highest BCUT2D eigenvalue weighted by atomic mass is 32.2. The second-order valence-electron chi connectivity index (χ2n) is 4.88. The Morgan fingerprint density at radius 1 is 1.00 bits per heavy atom. The third-order valence-corrected chi connectivity index (χ3v) is 5.28. The summed E-state index contributed by atoms with van der Waals surface area (Å²) in [6, 6.07) is 12.0. The zero-order chi connectivity index (χ0) is 17.0. The molecule has 120 valence electrons. The second-order valence-corrected chi connectivity index (χ2v) is 6.80. The molecule has 0 unspecified atom stereocenters. The molecule has 0 bridgehead atoms. The molecule has 0 aromatic heterocycles. The zero-order valence-corrected chi connectivity index (χ0v) is 13.7. The Morgan fingerprint density at radius 3 is 2.17 bits per heavy atom. The van der Waals surface area contributed by atoms with Crippen LogP contribution < -0.4 is 5.32 Å². The van der Waals surface area contributed by atoms with Crippen molar-refractivity contribution < 1.29 is 18.0 Å². The first kappa shape index (κ1) is 16.9. The smallest absolute Gasteiger partial charge is 0.229 e. The molecule has 0 atom stereocenters. The Hall–Kier alpha value is -2.47. The highest BCUT2D eigenvalue weighted by Crippen LogP contribution is 2.25. The third kappa shape index (κ3) is 3.32. The fourth-order valence-corrected chi connectivity index (χ4v) is 3.58. The van der Waals surface area contributed by atoms with Crippen LogP contribution in [0.3, 0.4) is 0 Å². The number of sulfone groups is 1. The summed E-state index contributed by atoms with van der Waals surface area (Å²) in [7, 11) is -2.15. The van der Waals surface area contributed by atoms with E-state index >= 15 is 0 Å². The molecule has 0 aliphatic carbocycles. The van der Waals surface area contributed by atoms with Crippen LogP contribution in [0.1, 0.15) is 23.7 Å². The van der Waals surface area contributed by atoms with Crippen molar-refractivity contribution in [1.29, 1.82) is 0 Å². The maximum absolute atomic E-state index is 12.8. The van der Waals surface area contributed by atoms with Gasteiger partial charge in [-0.1, -0.05) is 19.1 Å². The van der Waals surface area contributed by atoms with Gasteiger partial charge in [0.25, 0.3) is 0 Å². The van der Waals surface area contributed by atoms with E-state index in [4.69, 9.17) is 0 Å². The van der Waals surface area contributed by atoms with Gasteiger partial charge in [-0.3, -0.25) is 9.59 Å². The van der Waals surface area contributed by atoms with Crippen molar-refractivity contribution in [3.63, 3.8) is 0 Å². The van der Waals surface area contributed by atoms with Gasteiger partial charge in [-0.05, 0) is 36.4 Å².